The number of hydrogen-bond acceptors (Lipinski definition) is 2. The molecule has 0 saturated heterocycles. The van der Waals surface area contributed by atoms with E-state index in [1.807, 2.05) is 13.0 Å². The van der Waals surface area contributed by atoms with Gasteiger partial charge in [-0.05, 0) is 25.8 Å². The average Bonchev–Trinajstić information content (AvgIpc) is 2.25. The van der Waals surface area contributed by atoms with E-state index < -0.39 is 0 Å². The maximum Gasteiger partial charge on any atom is 0.243 e. The van der Waals surface area contributed by atoms with Crippen molar-refractivity contribution in [2.75, 3.05) is 0 Å². The molecule has 3 heteroatoms. The summed E-state index contributed by atoms with van der Waals surface area (Å²) in [7, 11) is 0. The van der Waals surface area contributed by atoms with Crippen LogP contribution >= 0.6 is 0 Å². The second-order valence-electron chi connectivity index (χ2n) is 3.61. The second kappa shape index (κ2) is 6.35. The number of nitrogens with one attached hydrogen (secondary N) is 1. The molecule has 1 aliphatic carbocycles. The highest BCUT2D eigenvalue weighted by Crippen LogP contribution is 2.23. The number of carbonyl (C=O) groups excluding carboxylic acids is 1. The van der Waals surface area contributed by atoms with E-state index in [0.717, 1.165) is 12.8 Å². The first kappa shape index (κ1) is 11.0. The summed E-state index contributed by atoms with van der Waals surface area (Å²) >= 11 is 0. The Kier molecular flexibility index (Phi) is 4.97. The lowest BCUT2D eigenvalue weighted by molar-refractivity contribution is -0.125. The van der Waals surface area contributed by atoms with E-state index in [1.165, 1.54) is 19.3 Å². The van der Waals surface area contributed by atoms with Crippen molar-refractivity contribution in [1.82, 2.24) is 5.43 Å². The van der Waals surface area contributed by atoms with E-state index in [4.69, 9.17) is 0 Å². The van der Waals surface area contributed by atoms with Gasteiger partial charge in [0.2, 0.25) is 5.91 Å². The van der Waals surface area contributed by atoms with Crippen molar-refractivity contribution in [3.05, 3.63) is 12.2 Å². The summed E-state index contributed by atoms with van der Waals surface area (Å²) in [5, 5.41) is 3.82. The maximum atomic E-state index is 11.5. The molecule has 1 fully saturated rings. The van der Waals surface area contributed by atoms with Gasteiger partial charge in [0.05, 0.1) is 0 Å². The number of allylic oxidation sites excluding steroid dienone is 2. The van der Waals surface area contributed by atoms with Crippen molar-refractivity contribution >= 4 is 12.1 Å². The van der Waals surface area contributed by atoms with Crippen LogP contribution in [0.15, 0.2) is 17.3 Å². The van der Waals surface area contributed by atoms with E-state index in [9.17, 15) is 4.79 Å². The molecule has 1 amide bonds. The zero-order chi connectivity index (χ0) is 10.2. The van der Waals surface area contributed by atoms with Crippen molar-refractivity contribution in [2.45, 2.75) is 39.0 Å². The Balaban J connectivity index is 2.26. The molecular weight excluding hydrogens is 176 g/mol. The van der Waals surface area contributed by atoms with Crippen LogP contribution in [0.3, 0.4) is 0 Å². The SMILES string of the molecule is CC=CC=NNC(=O)C1CCCCC1. The van der Waals surface area contributed by atoms with Crippen molar-refractivity contribution in [3.8, 4) is 0 Å². The van der Waals surface area contributed by atoms with Gasteiger partial charge in [-0.1, -0.05) is 25.3 Å². The summed E-state index contributed by atoms with van der Waals surface area (Å²) in [4.78, 5) is 11.5. The molecule has 0 unspecified atom stereocenters. The smallest absolute Gasteiger partial charge is 0.243 e. The van der Waals surface area contributed by atoms with Gasteiger partial charge < -0.3 is 0 Å². The Hall–Kier alpha value is -1.12. The number of hydrogen-bond donors (Lipinski definition) is 1. The molecule has 1 aliphatic rings. The van der Waals surface area contributed by atoms with Gasteiger partial charge in [0, 0.05) is 12.1 Å². The van der Waals surface area contributed by atoms with E-state index >= 15 is 0 Å². The quantitative estimate of drug-likeness (QED) is 0.543. The molecule has 0 radical (unpaired) electrons. The fourth-order valence-electron chi connectivity index (χ4n) is 1.69. The summed E-state index contributed by atoms with van der Waals surface area (Å²) in [5.41, 5.74) is 2.57. The van der Waals surface area contributed by atoms with Crippen LogP contribution in [0.5, 0.6) is 0 Å². The van der Waals surface area contributed by atoms with E-state index in [0.29, 0.717) is 0 Å². The third kappa shape index (κ3) is 3.73. The van der Waals surface area contributed by atoms with Crippen LogP contribution in [0.1, 0.15) is 39.0 Å². The Morgan fingerprint density at radius 3 is 2.71 bits per heavy atom. The van der Waals surface area contributed by atoms with Crippen molar-refractivity contribution < 1.29 is 4.79 Å². The Morgan fingerprint density at radius 1 is 1.36 bits per heavy atom. The maximum absolute atomic E-state index is 11.5. The molecule has 0 heterocycles. The third-order valence-electron chi connectivity index (χ3n) is 2.50. The summed E-state index contributed by atoms with van der Waals surface area (Å²) in [6, 6.07) is 0. The normalized spacial score (nSPS) is 19.2. The number of nitrogens with zero attached hydrogens (tertiary/aromatic N) is 1. The van der Waals surface area contributed by atoms with Crippen LogP contribution < -0.4 is 5.43 Å². The van der Waals surface area contributed by atoms with Gasteiger partial charge in [-0.3, -0.25) is 4.79 Å². The third-order valence-corrected chi connectivity index (χ3v) is 2.50. The molecule has 0 atom stereocenters. The standard InChI is InChI=1S/C11H18N2O/c1-2-3-9-12-13-11(14)10-7-5-4-6-8-10/h2-3,9-10H,4-8H2,1H3,(H,13,14). The van der Waals surface area contributed by atoms with Crippen LogP contribution in [0.2, 0.25) is 0 Å². The fourth-order valence-corrected chi connectivity index (χ4v) is 1.69. The van der Waals surface area contributed by atoms with Crippen LogP contribution in [-0.4, -0.2) is 12.1 Å². The Labute approximate surface area is 85.3 Å². The molecule has 0 bridgehead atoms. The lowest BCUT2D eigenvalue weighted by Gasteiger charge is -2.19. The van der Waals surface area contributed by atoms with Gasteiger partial charge in [0.1, 0.15) is 0 Å². The molecule has 1 rings (SSSR count). The number of carbonyl (C=O) groups is 1. The number of amides is 1. The molecule has 78 valence electrons. The fraction of sp³-hybridized carbons (Fsp3) is 0.636. The minimum absolute atomic E-state index is 0.0745. The second-order valence-corrected chi connectivity index (χ2v) is 3.61. The predicted octanol–water partition coefficient (Wildman–Crippen LogP) is 2.24. The first-order valence-electron chi connectivity index (χ1n) is 5.29. The zero-order valence-corrected chi connectivity index (χ0v) is 8.70. The predicted molar refractivity (Wildman–Crippen MR) is 58.0 cm³/mol. The average molecular weight is 194 g/mol. The molecule has 3 nitrogen and oxygen atoms in total. The first-order chi connectivity index (χ1) is 6.84. The molecule has 1 N–H and O–H groups in total. The van der Waals surface area contributed by atoms with Crippen LogP contribution in [0, 0.1) is 5.92 Å². The monoisotopic (exact) mass is 194 g/mol. The summed E-state index contributed by atoms with van der Waals surface area (Å²) in [6.07, 6.45) is 10.9. The summed E-state index contributed by atoms with van der Waals surface area (Å²) in [5.74, 6) is 0.261. The number of rotatable bonds is 3. The van der Waals surface area contributed by atoms with Crippen molar-refractivity contribution in [3.63, 3.8) is 0 Å². The van der Waals surface area contributed by atoms with E-state index in [-0.39, 0.29) is 11.8 Å². The van der Waals surface area contributed by atoms with E-state index in [1.54, 1.807) is 12.3 Å². The van der Waals surface area contributed by atoms with Crippen molar-refractivity contribution in [1.29, 1.82) is 0 Å². The lowest BCUT2D eigenvalue weighted by Crippen LogP contribution is -2.28. The molecule has 14 heavy (non-hydrogen) atoms. The lowest BCUT2D eigenvalue weighted by atomic mass is 9.89. The van der Waals surface area contributed by atoms with Gasteiger partial charge in [0.25, 0.3) is 0 Å². The highest BCUT2D eigenvalue weighted by atomic mass is 16.2. The zero-order valence-electron chi connectivity index (χ0n) is 8.70. The molecule has 0 aromatic carbocycles. The van der Waals surface area contributed by atoms with Crippen LogP contribution in [0.25, 0.3) is 0 Å². The number of hydrazone groups is 1. The van der Waals surface area contributed by atoms with Gasteiger partial charge in [0.15, 0.2) is 0 Å². The molecule has 0 aliphatic heterocycles. The highest BCUT2D eigenvalue weighted by Gasteiger charge is 2.20. The molecule has 0 aromatic rings. The largest absolute Gasteiger partial charge is 0.273 e. The Morgan fingerprint density at radius 2 is 2.07 bits per heavy atom. The van der Waals surface area contributed by atoms with Crippen LogP contribution in [-0.2, 0) is 4.79 Å². The minimum atomic E-state index is 0.0745. The summed E-state index contributed by atoms with van der Waals surface area (Å²) in [6.45, 7) is 1.91. The van der Waals surface area contributed by atoms with Gasteiger partial charge in [-0.2, -0.15) is 5.10 Å². The highest BCUT2D eigenvalue weighted by molar-refractivity contribution is 5.80. The van der Waals surface area contributed by atoms with Gasteiger partial charge in [-0.25, -0.2) is 5.43 Å². The van der Waals surface area contributed by atoms with Crippen molar-refractivity contribution in [2.24, 2.45) is 11.0 Å². The van der Waals surface area contributed by atoms with Gasteiger partial charge >= 0.3 is 0 Å². The summed E-state index contributed by atoms with van der Waals surface area (Å²) < 4.78 is 0. The van der Waals surface area contributed by atoms with Gasteiger partial charge in [-0.15, -0.1) is 0 Å². The minimum Gasteiger partial charge on any atom is -0.273 e. The Bertz CT molecular complexity index is 227. The van der Waals surface area contributed by atoms with E-state index in [2.05, 4.69) is 10.5 Å². The molecular formula is C11H18N2O. The molecule has 0 aromatic heterocycles. The topological polar surface area (TPSA) is 41.5 Å². The van der Waals surface area contributed by atoms with Crippen LogP contribution in [0.4, 0.5) is 0 Å². The first-order valence-corrected chi connectivity index (χ1v) is 5.29. The molecule has 0 spiro atoms. The molecule has 1 saturated carbocycles.